The first kappa shape index (κ1) is 21.7. The van der Waals surface area contributed by atoms with Crippen LogP contribution >= 0.6 is 0 Å². The van der Waals surface area contributed by atoms with Crippen LogP contribution in [-0.4, -0.2) is 43.7 Å². The van der Waals surface area contributed by atoms with Crippen LogP contribution in [0.15, 0.2) is 47.2 Å². The Morgan fingerprint density at radius 3 is 2.73 bits per heavy atom. The number of hydrogen-bond acceptors (Lipinski definition) is 5. The fraction of sp³-hybridized carbons (Fsp3) is 0.400. The van der Waals surface area contributed by atoms with Gasteiger partial charge >= 0.3 is 6.61 Å². The van der Waals surface area contributed by atoms with E-state index in [-0.39, 0.29) is 36.9 Å². The van der Waals surface area contributed by atoms with E-state index in [1.165, 1.54) is 36.2 Å². The van der Waals surface area contributed by atoms with Gasteiger partial charge in [0.25, 0.3) is 5.91 Å². The van der Waals surface area contributed by atoms with Gasteiger partial charge in [0.15, 0.2) is 23.1 Å². The number of amides is 1. The number of ether oxygens (including phenoxy) is 2. The van der Waals surface area contributed by atoms with Gasteiger partial charge < -0.3 is 15.2 Å². The normalized spacial score (nSPS) is 23.6. The van der Waals surface area contributed by atoms with Gasteiger partial charge in [-0.1, -0.05) is 12.1 Å². The molecule has 162 valence electrons. The number of aliphatic imine (C=N–C) groups is 1. The smallest absolute Gasteiger partial charge is 0.387 e. The summed E-state index contributed by atoms with van der Waals surface area (Å²) >= 11 is 0. The number of carbonyl (C=O) groups excluding carboxylic acids is 1. The van der Waals surface area contributed by atoms with E-state index in [0.29, 0.717) is 5.56 Å². The van der Waals surface area contributed by atoms with Crippen molar-refractivity contribution in [3.63, 3.8) is 0 Å². The lowest BCUT2D eigenvalue weighted by molar-refractivity contribution is -0.132. The number of guanidine groups is 1. The Morgan fingerprint density at radius 2 is 2.17 bits per heavy atom. The Balaban J connectivity index is 2.00. The lowest BCUT2D eigenvalue weighted by Gasteiger charge is -2.33. The molecule has 10 heteroatoms. The number of nitrogens with two attached hydrogens (primary N) is 1. The molecule has 1 aliphatic heterocycles. The molecular formula is C20H21F4N3O3. The SMILES string of the molecule is CN1C(=O)[C@](c2ccc(F)c(OCCCF)c2)(C2C=CC(OC(F)F)=CC2)N=C1N. The Labute approximate surface area is 170 Å². The minimum absolute atomic E-state index is 0.0264. The minimum Gasteiger partial charge on any atom is -0.490 e. The number of hydrogen-bond donors (Lipinski definition) is 1. The summed E-state index contributed by atoms with van der Waals surface area (Å²) in [4.78, 5) is 18.8. The van der Waals surface area contributed by atoms with Gasteiger partial charge in [0.1, 0.15) is 5.76 Å². The molecule has 1 aliphatic carbocycles. The number of allylic oxidation sites excluding steroid dienone is 2. The van der Waals surface area contributed by atoms with E-state index in [4.69, 9.17) is 10.5 Å². The van der Waals surface area contributed by atoms with Crippen molar-refractivity contribution in [1.29, 1.82) is 0 Å². The second-order valence-electron chi connectivity index (χ2n) is 6.82. The largest absolute Gasteiger partial charge is 0.490 e. The lowest BCUT2D eigenvalue weighted by Crippen LogP contribution is -2.44. The molecule has 2 N–H and O–H groups in total. The van der Waals surface area contributed by atoms with Gasteiger partial charge in [-0.15, -0.1) is 0 Å². The van der Waals surface area contributed by atoms with Gasteiger partial charge in [-0.3, -0.25) is 14.1 Å². The van der Waals surface area contributed by atoms with Gasteiger partial charge in [-0.25, -0.2) is 9.38 Å². The summed E-state index contributed by atoms with van der Waals surface area (Å²) in [7, 11) is 1.46. The monoisotopic (exact) mass is 427 g/mol. The van der Waals surface area contributed by atoms with Crippen LogP contribution in [0.1, 0.15) is 18.4 Å². The predicted octanol–water partition coefficient (Wildman–Crippen LogP) is 3.25. The molecular weight excluding hydrogens is 406 g/mol. The molecule has 6 nitrogen and oxygen atoms in total. The van der Waals surface area contributed by atoms with Gasteiger partial charge in [-0.2, -0.15) is 8.78 Å². The number of benzene rings is 1. The van der Waals surface area contributed by atoms with E-state index >= 15 is 0 Å². The molecule has 0 aromatic heterocycles. The number of likely N-dealkylation sites (N-methyl/N-ethyl adjacent to an activating group) is 1. The number of alkyl halides is 3. The number of halogens is 4. The molecule has 1 heterocycles. The van der Waals surface area contributed by atoms with Gasteiger partial charge in [0.2, 0.25) is 0 Å². The molecule has 0 saturated carbocycles. The van der Waals surface area contributed by atoms with E-state index in [2.05, 4.69) is 9.73 Å². The molecule has 2 atom stereocenters. The summed E-state index contributed by atoms with van der Waals surface area (Å²) in [5, 5.41) is 0. The van der Waals surface area contributed by atoms with Crippen molar-refractivity contribution in [1.82, 2.24) is 4.90 Å². The van der Waals surface area contributed by atoms with E-state index in [1.54, 1.807) is 6.08 Å². The van der Waals surface area contributed by atoms with E-state index < -0.39 is 36.5 Å². The second kappa shape index (κ2) is 8.76. The maximum absolute atomic E-state index is 14.2. The average molecular weight is 427 g/mol. The zero-order chi connectivity index (χ0) is 21.9. The summed E-state index contributed by atoms with van der Waals surface area (Å²) in [6.07, 6.45) is 4.55. The first-order valence-electron chi connectivity index (χ1n) is 9.25. The molecule has 0 spiro atoms. The highest BCUT2D eigenvalue weighted by molar-refractivity contribution is 6.07. The summed E-state index contributed by atoms with van der Waals surface area (Å²) in [6, 6.07) is 3.87. The maximum Gasteiger partial charge on any atom is 0.387 e. The number of carbonyl (C=O) groups is 1. The third-order valence-electron chi connectivity index (χ3n) is 5.00. The quantitative estimate of drug-likeness (QED) is 0.511. The molecule has 0 saturated heterocycles. The van der Waals surface area contributed by atoms with E-state index in [9.17, 15) is 22.4 Å². The molecule has 2 aliphatic rings. The average Bonchev–Trinajstić information content (AvgIpc) is 2.94. The van der Waals surface area contributed by atoms with Crippen molar-refractivity contribution in [3.8, 4) is 5.75 Å². The lowest BCUT2D eigenvalue weighted by atomic mass is 9.74. The number of nitrogens with zero attached hydrogens (tertiary/aromatic N) is 2. The minimum atomic E-state index is -2.97. The molecule has 3 rings (SSSR count). The number of rotatable bonds is 8. The van der Waals surface area contributed by atoms with Crippen molar-refractivity contribution in [3.05, 3.63) is 53.6 Å². The topological polar surface area (TPSA) is 77.2 Å². The third kappa shape index (κ3) is 3.99. The van der Waals surface area contributed by atoms with Crippen molar-refractivity contribution < 1.29 is 31.8 Å². The van der Waals surface area contributed by atoms with Crippen LogP contribution in [-0.2, 0) is 15.1 Å². The zero-order valence-corrected chi connectivity index (χ0v) is 16.2. The Kier molecular flexibility index (Phi) is 6.33. The van der Waals surface area contributed by atoms with Crippen LogP contribution in [0.2, 0.25) is 0 Å². The van der Waals surface area contributed by atoms with Crippen LogP contribution in [0.3, 0.4) is 0 Å². The molecule has 0 fully saturated rings. The molecule has 0 radical (unpaired) electrons. The molecule has 0 bridgehead atoms. The summed E-state index contributed by atoms with van der Waals surface area (Å²) in [5.41, 5.74) is 4.68. The molecule has 30 heavy (non-hydrogen) atoms. The predicted molar refractivity (Wildman–Crippen MR) is 101 cm³/mol. The Bertz CT molecular complexity index is 903. The van der Waals surface area contributed by atoms with Crippen LogP contribution in [0.4, 0.5) is 17.6 Å². The maximum atomic E-state index is 14.2. The second-order valence-corrected chi connectivity index (χ2v) is 6.82. The first-order chi connectivity index (χ1) is 14.3. The first-order valence-corrected chi connectivity index (χ1v) is 9.25. The van der Waals surface area contributed by atoms with Crippen LogP contribution in [0.25, 0.3) is 0 Å². The van der Waals surface area contributed by atoms with Crippen LogP contribution in [0, 0.1) is 11.7 Å². The van der Waals surface area contributed by atoms with E-state index in [0.717, 1.165) is 6.07 Å². The highest BCUT2D eigenvalue weighted by Gasteiger charge is 2.53. The third-order valence-corrected chi connectivity index (χ3v) is 5.00. The standard InChI is InChI=1S/C20H21F4N3O3/c1-27-17(28)20(26-19(27)25,12-3-6-14(7-4-12)30-18(23)24)13-5-8-15(22)16(11-13)29-10-2-9-21/h3,5-8,11-12,18H,2,4,9-10H2,1H3,(H2,25,26)/t12?,20-/m1/s1. The van der Waals surface area contributed by atoms with E-state index in [1.807, 2.05) is 0 Å². The highest BCUT2D eigenvalue weighted by atomic mass is 19.3. The van der Waals surface area contributed by atoms with Crippen LogP contribution < -0.4 is 10.5 Å². The molecule has 1 unspecified atom stereocenters. The summed E-state index contributed by atoms with van der Waals surface area (Å²) in [5.74, 6) is -1.92. The molecule has 1 aromatic rings. The van der Waals surface area contributed by atoms with Crippen molar-refractivity contribution in [2.24, 2.45) is 16.6 Å². The Morgan fingerprint density at radius 1 is 1.40 bits per heavy atom. The van der Waals surface area contributed by atoms with Crippen molar-refractivity contribution >= 4 is 11.9 Å². The summed E-state index contributed by atoms with van der Waals surface area (Å²) < 4.78 is 61.2. The van der Waals surface area contributed by atoms with Gasteiger partial charge in [-0.05, 0) is 36.3 Å². The fourth-order valence-electron chi connectivity index (χ4n) is 3.50. The fourth-order valence-corrected chi connectivity index (χ4v) is 3.50. The highest BCUT2D eigenvalue weighted by Crippen LogP contribution is 2.44. The zero-order valence-electron chi connectivity index (χ0n) is 16.2. The summed E-state index contributed by atoms with van der Waals surface area (Å²) in [6.45, 7) is -3.62. The van der Waals surface area contributed by atoms with Crippen molar-refractivity contribution in [2.75, 3.05) is 20.3 Å². The van der Waals surface area contributed by atoms with Gasteiger partial charge in [0.05, 0.1) is 13.3 Å². The Hall–Kier alpha value is -3.04. The van der Waals surface area contributed by atoms with Gasteiger partial charge in [0, 0.05) is 19.4 Å². The van der Waals surface area contributed by atoms with Crippen molar-refractivity contribution in [2.45, 2.75) is 25.0 Å². The van der Waals surface area contributed by atoms with Crippen LogP contribution in [0.5, 0.6) is 5.75 Å². The molecule has 1 aromatic carbocycles. The molecule has 1 amide bonds.